The van der Waals surface area contributed by atoms with E-state index in [0.717, 1.165) is 10.4 Å². The van der Waals surface area contributed by atoms with E-state index in [2.05, 4.69) is 5.32 Å². The highest BCUT2D eigenvalue weighted by molar-refractivity contribution is 7.92. The standard InChI is InChI=1S/C23H23N3O7S/c1-32-21-12-11-17(13-22(21)33-2)15-24-23(27)16-25(18-7-6-8-19(14-18)26(28)29)34(30,31)20-9-4-3-5-10-20/h3-14H,15-16H2,1-2H3,(H,24,27). The number of carbonyl (C=O) groups is 1. The van der Waals surface area contributed by atoms with Gasteiger partial charge in [-0.05, 0) is 35.9 Å². The van der Waals surface area contributed by atoms with Gasteiger partial charge in [0, 0.05) is 18.7 Å². The molecule has 0 radical (unpaired) electrons. The van der Waals surface area contributed by atoms with E-state index in [9.17, 15) is 23.3 Å². The minimum atomic E-state index is -4.18. The number of methoxy groups -OCH3 is 2. The van der Waals surface area contributed by atoms with Crippen LogP contribution in [0.4, 0.5) is 11.4 Å². The molecule has 10 nitrogen and oxygen atoms in total. The summed E-state index contributed by atoms with van der Waals surface area (Å²) in [5.74, 6) is 0.420. The Morgan fingerprint density at radius 3 is 2.32 bits per heavy atom. The fourth-order valence-corrected chi connectivity index (χ4v) is 4.61. The molecule has 0 fully saturated rings. The van der Waals surface area contributed by atoms with Gasteiger partial charge in [-0.1, -0.05) is 30.3 Å². The van der Waals surface area contributed by atoms with E-state index in [1.807, 2.05) is 0 Å². The lowest BCUT2D eigenvalue weighted by Crippen LogP contribution is -2.40. The third-order valence-corrected chi connectivity index (χ3v) is 6.67. The number of nitro benzene ring substituents is 1. The van der Waals surface area contributed by atoms with Crippen molar-refractivity contribution in [2.75, 3.05) is 25.1 Å². The first kappa shape index (κ1) is 24.5. The maximum atomic E-state index is 13.3. The van der Waals surface area contributed by atoms with Gasteiger partial charge in [0.2, 0.25) is 5.91 Å². The molecule has 3 aromatic rings. The lowest BCUT2D eigenvalue weighted by Gasteiger charge is -2.24. The zero-order valence-corrected chi connectivity index (χ0v) is 19.3. The van der Waals surface area contributed by atoms with Crippen LogP contribution in [0.15, 0.2) is 77.7 Å². The second kappa shape index (κ2) is 10.7. The number of anilines is 1. The summed E-state index contributed by atoms with van der Waals surface area (Å²) in [6.07, 6.45) is 0. The number of nitrogens with one attached hydrogen (secondary N) is 1. The van der Waals surface area contributed by atoms with Crippen molar-refractivity contribution in [2.45, 2.75) is 11.4 Å². The van der Waals surface area contributed by atoms with Crippen LogP contribution in [-0.4, -0.2) is 40.0 Å². The maximum Gasteiger partial charge on any atom is 0.271 e. The molecule has 0 atom stereocenters. The molecule has 0 spiro atoms. The van der Waals surface area contributed by atoms with Crippen LogP contribution in [0.25, 0.3) is 0 Å². The molecule has 1 amide bonds. The molecule has 0 heterocycles. The van der Waals surface area contributed by atoms with Crippen molar-refractivity contribution < 1.29 is 27.6 Å². The second-order valence-corrected chi connectivity index (χ2v) is 8.93. The lowest BCUT2D eigenvalue weighted by atomic mass is 10.2. The Labute approximate surface area is 196 Å². The SMILES string of the molecule is COc1ccc(CNC(=O)CN(c2cccc([N+](=O)[O-])c2)S(=O)(=O)c2ccccc2)cc1OC. The molecule has 0 saturated heterocycles. The monoisotopic (exact) mass is 485 g/mol. The number of amides is 1. The van der Waals surface area contributed by atoms with Crippen molar-refractivity contribution in [1.29, 1.82) is 0 Å². The largest absolute Gasteiger partial charge is 0.493 e. The molecule has 34 heavy (non-hydrogen) atoms. The number of hydrogen-bond donors (Lipinski definition) is 1. The Kier molecular flexibility index (Phi) is 7.69. The number of nitrogens with zero attached hydrogens (tertiary/aromatic N) is 2. The molecule has 178 valence electrons. The normalized spacial score (nSPS) is 10.9. The summed E-state index contributed by atoms with van der Waals surface area (Å²) in [6.45, 7) is -0.473. The minimum absolute atomic E-state index is 0.000630. The van der Waals surface area contributed by atoms with Crippen molar-refractivity contribution >= 4 is 27.3 Å². The molecule has 0 saturated carbocycles. The van der Waals surface area contributed by atoms with Crippen molar-refractivity contribution in [3.8, 4) is 11.5 Å². The van der Waals surface area contributed by atoms with Gasteiger partial charge in [-0.2, -0.15) is 0 Å². The fraction of sp³-hybridized carbons (Fsp3) is 0.174. The number of rotatable bonds is 10. The van der Waals surface area contributed by atoms with Crippen molar-refractivity contribution in [2.24, 2.45) is 0 Å². The number of ether oxygens (including phenoxy) is 2. The van der Waals surface area contributed by atoms with Crippen molar-refractivity contribution in [3.05, 3.63) is 88.5 Å². The van der Waals surface area contributed by atoms with E-state index in [-0.39, 0.29) is 22.8 Å². The third kappa shape index (κ3) is 5.62. The number of hydrogen-bond acceptors (Lipinski definition) is 7. The first-order valence-corrected chi connectivity index (χ1v) is 11.5. The molecule has 0 aliphatic rings. The summed E-state index contributed by atoms with van der Waals surface area (Å²) < 4.78 is 37.9. The van der Waals surface area contributed by atoms with E-state index < -0.39 is 27.4 Å². The van der Waals surface area contributed by atoms with E-state index >= 15 is 0 Å². The Balaban J connectivity index is 1.86. The average Bonchev–Trinajstić information content (AvgIpc) is 2.86. The summed E-state index contributed by atoms with van der Waals surface area (Å²) in [5.41, 5.74) is 0.412. The third-order valence-electron chi connectivity index (χ3n) is 4.88. The molecule has 0 aliphatic carbocycles. The molecule has 0 aliphatic heterocycles. The molecule has 11 heteroatoms. The fourth-order valence-electron chi connectivity index (χ4n) is 3.17. The molecule has 0 unspecified atom stereocenters. The Bertz CT molecular complexity index is 1280. The van der Waals surface area contributed by atoms with E-state index in [4.69, 9.17) is 9.47 Å². The summed E-state index contributed by atoms with van der Waals surface area (Å²) in [4.78, 5) is 23.3. The summed E-state index contributed by atoms with van der Waals surface area (Å²) in [5, 5.41) is 13.9. The van der Waals surface area contributed by atoms with Gasteiger partial charge in [-0.25, -0.2) is 8.42 Å². The second-order valence-electron chi connectivity index (χ2n) is 7.07. The smallest absolute Gasteiger partial charge is 0.271 e. The molecule has 0 bridgehead atoms. The molecular weight excluding hydrogens is 462 g/mol. The van der Waals surface area contributed by atoms with Crippen LogP contribution in [0, 0.1) is 10.1 Å². The number of sulfonamides is 1. The molecule has 3 rings (SSSR count). The van der Waals surface area contributed by atoms with Gasteiger partial charge < -0.3 is 14.8 Å². The average molecular weight is 486 g/mol. The quantitative estimate of drug-likeness (QED) is 0.345. The van der Waals surface area contributed by atoms with Gasteiger partial charge >= 0.3 is 0 Å². The number of benzene rings is 3. The Hall–Kier alpha value is -4.12. The van der Waals surface area contributed by atoms with Gasteiger partial charge in [-0.15, -0.1) is 0 Å². The molecule has 0 aromatic heterocycles. The van der Waals surface area contributed by atoms with E-state index in [1.165, 1.54) is 44.6 Å². The minimum Gasteiger partial charge on any atom is -0.493 e. The predicted octanol–water partition coefficient (Wildman–Crippen LogP) is 3.12. The Morgan fingerprint density at radius 1 is 0.971 bits per heavy atom. The van der Waals surface area contributed by atoms with Crippen molar-refractivity contribution in [1.82, 2.24) is 5.32 Å². The van der Waals surface area contributed by atoms with Crippen LogP contribution >= 0.6 is 0 Å². The summed E-state index contributed by atoms with van der Waals surface area (Å²) in [6, 6.07) is 17.8. The Morgan fingerprint density at radius 2 is 1.68 bits per heavy atom. The first-order chi connectivity index (χ1) is 16.3. The maximum absolute atomic E-state index is 13.3. The summed E-state index contributed by atoms with van der Waals surface area (Å²) in [7, 11) is -1.18. The van der Waals surface area contributed by atoms with Gasteiger partial charge in [-0.3, -0.25) is 19.2 Å². The van der Waals surface area contributed by atoms with Crippen molar-refractivity contribution in [3.63, 3.8) is 0 Å². The number of non-ortho nitro benzene ring substituents is 1. The van der Waals surface area contributed by atoms with Crippen LogP contribution in [0.1, 0.15) is 5.56 Å². The van der Waals surface area contributed by atoms with Gasteiger partial charge in [0.1, 0.15) is 6.54 Å². The zero-order chi connectivity index (χ0) is 24.7. The van der Waals surface area contributed by atoms with Crippen LogP contribution < -0.4 is 19.1 Å². The van der Waals surface area contributed by atoms with Crippen LogP contribution in [0.5, 0.6) is 11.5 Å². The first-order valence-electron chi connectivity index (χ1n) is 10.1. The van der Waals surface area contributed by atoms with Gasteiger partial charge in [0.05, 0.1) is 29.7 Å². The van der Waals surface area contributed by atoms with Crippen LogP contribution in [-0.2, 0) is 21.4 Å². The highest BCUT2D eigenvalue weighted by Crippen LogP contribution is 2.28. The van der Waals surface area contributed by atoms with Gasteiger partial charge in [0.15, 0.2) is 11.5 Å². The molecular formula is C23H23N3O7S. The number of carbonyl (C=O) groups excluding carboxylic acids is 1. The lowest BCUT2D eigenvalue weighted by molar-refractivity contribution is -0.384. The molecule has 1 N–H and O–H groups in total. The number of nitro groups is 1. The van der Waals surface area contributed by atoms with Crippen LogP contribution in [0.2, 0.25) is 0 Å². The van der Waals surface area contributed by atoms with E-state index in [1.54, 1.807) is 36.4 Å². The van der Waals surface area contributed by atoms with E-state index in [0.29, 0.717) is 17.1 Å². The van der Waals surface area contributed by atoms with Gasteiger partial charge in [0.25, 0.3) is 15.7 Å². The topological polar surface area (TPSA) is 128 Å². The highest BCUT2D eigenvalue weighted by atomic mass is 32.2. The summed E-state index contributed by atoms with van der Waals surface area (Å²) >= 11 is 0. The predicted molar refractivity (Wildman–Crippen MR) is 125 cm³/mol. The molecule has 3 aromatic carbocycles. The zero-order valence-electron chi connectivity index (χ0n) is 18.5. The highest BCUT2D eigenvalue weighted by Gasteiger charge is 2.28. The van der Waals surface area contributed by atoms with Crippen LogP contribution in [0.3, 0.4) is 0 Å².